The lowest BCUT2D eigenvalue weighted by atomic mass is 10.1. The number of amides is 1. The number of pyridine rings is 1. The van der Waals surface area contributed by atoms with Crippen molar-refractivity contribution < 1.29 is 10.0 Å². The summed E-state index contributed by atoms with van der Waals surface area (Å²) in [4.78, 5) is 16.0. The van der Waals surface area contributed by atoms with Gasteiger partial charge in [-0.25, -0.2) is 4.98 Å². The molecule has 0 spiro atoms. The number of hydrogen-bond acceptors (Lipinski definition) is 4. The second-order valence-electron chi connectivity index (χ2n) is 4.05. The van der Waals surface area contributed by atoms with Gasteiger partial charge in [0.2, 0.25) is 0 Å². The SMILES string of the molecule is CC(=NO)c1ccccc1NC(=O)c1ccc(Cl)cn1. The van der Waals surface area contributed by atoms with Gasteiger partial charge in [0.15, 0.2) is 0 Å². The minimum absolute atomic E-state index is 0.253. The number of rotatable bonds is 3. The zero-order valence-corrected chi connectivity index (χ0v) is 11.4. The molecular formula is C14H12ClN3O2. The first kappa shape index (κ1) is 14.0. The Morgan fingerprint density at radius 1 is 1.30 bits per heavy atom. The first-order valence-corrected chi connectivity index (χ1v) is 6.20. The van der Waals surface area contributed by atoms with E-state index in [-0.39, 0.29) is 11.6 Å². The van der Waals surface area contributed by atoms with Crippen molar-refractivity contribution in [2.24, 2.45) is 5.16 Å². The van der Waals surface area contributed by atoms with Crippen LogP contribution in [0, 0.1) is 0 Å². The quantitative estimate of drug-likeness (QED) is 0.518. The van der Waals surface area contributed by atoms with Crippen LogP contribution in [0.5, 0.6) is 0 Å². The number of para-hydroxylation sites is 1. The van der Waals surface area contributed by atoms with Gasteiger partial charge >= 0.3 is 0 Å². The van der Waals surface area contributed by atoms with E-state index in [1.54, 1.807) is 37.3 Å². The Hall–Kier alpha value is -2.40. The third-order valence-corrected chi connectivity index (χ3v) is 2.90. The largest absolute Gasteiger partial charge is 0.411 e. The molecule has 1 amide bonds. The molecule has 0 saturated carbocycles. The van der Waals surface area contributed by atoms with Crippen molar-refractivity contribution in [1.29, 1.82) is 0 Å². The van der Waals surface area contributed by atoms with Crippen molar-refractivity contribution in [3.8, 4) is 0 Å². The fourth-order valence-electron chi connectivity index (χ4n) is 1.66. The Bertz CT molecular complexity index is 654. The molecule has 0 bridgehead atoms. The molecule has 0 saturated heterocycles. The predicted octanol–water partition coefficient (Wildman–Crippen LogP) is 3.19. The van der Waals surface area contributed by atoms with Crippen molar-refractivity contribution in [1.82, 2.24) is 4.98 Å². The minimum Gasteiger partial charge on any atom is -0.411 e. The Morgan fingerprint density at radius 2 is 2.05 bits per heavy atom. The van der Waals surface area contributed by atoms with Gasteiger partial charge in [0.1, 0.15) is 5.69 Å². The van der Waals surface area contributed by atoms with Crippen molar-refractivity contribution in [3.05, 3.63) is 58.9 Å². The van der Waals surface area contributed by atoms with E-state index < -0.39 is 0 Å². The maximum absolute atomic E-state index is 12.1. The van der Waals surface area contributed by atoms with E-state index in [1.165, 1.54) is 12.3 Å². The minimum atomic E-state index is -0.361. The molecular weight excluding hydrogens is 278 g/mol. The molecule has 5 nitrogen and oxygen atoms in total. The molecule has 1 heterocycles. The fourth-order valence-corrected chi connectivity index (χ4v) is 1.77. The molecule has 0 atom stereocenters. The summed E-state index contributed by atoms with van der Waals surface area (Å²) in [6.07, 6.45) is 1.41. The zero-order valence-electron chi connectivity index (χ0n) is 10.7. The third kappa shape index (κ3) is 3.13. The Morgan fingerprint density at radius 3 is 2.70 bits per heavy atom. The van der Waals surface area contributed by atoms with Gasteiger partial charge in [-0.05, 0) is 25.1 Å². The highest BCUT2D eigenvalue weighted by atomic mass is 35.5. The normalized spacial score (nSPS) is 11.2. The lowest BCUT2D eigenvalue weighted by molar-refractivity contribution is 0.102. The second-order valence-corrected chi connectivity index (χ2v) is 4.48. The van der Waals surface area contributed by atoms with Crippen LogP contribution in [0.4, 0.5) is 5.69 Å². The van der Waals surface area contributed by atoms with E-state index in [0.717, 1.165) is 0 Å². The van der Waals surface area contributed by atoms with Crippen LogP contribution in [0.15, 0.2) is 47.8 Å². The van der Waals surface area contributed by atoms with Crippen molar-refractivity contribution in [2.75, 3.05) is 5.32 Å². The summed E-state index contributed by atoms with van der Waals surface area (Å²) < 4.78 is 0. The van der Waals surface area contributed by atoms with E-state index in [2.05, 4.69) is 15.5 Å². The smallest absolute Gasteiger partial charge is 0.274 e. The van der Waals surface area contributed by atoms with Gasteiger partial charge in [-0.3, -0.25) is 4.79 Å². The van der Waals surface area contributed by atoms with Crippen LogP contribution in [-0.2, 0) is 0 Å². The highest BCUT2D eigenvalue weighted by Crippen LogP contribution is 2.17. The first-order chi connectivity index (χ1) is 9.61. The topological polar surface area (TPSA) is 74.6 Å². The highest BCUT2D eigenvalue weighted by Gasteiger charge is 2.11. The molecule has 0 fully saturated rings. The molecule has 0 aliphatic carbocycles. The van der Waals surface area contributed by atoms with Gasteiger partial charge in [0.25, 0.3) is 5.91 Å². The van der Waals surface area contributed by atoms with Crippen LogP contribution in [0.3, 0.4) is 0 Å². The summed E-state index contributed by atoms with van der Waals surface area (Å²) >= 11 is 5.72. The van der Waals surface area contributed by atoms with Crippen LogP contribution in [0.25, 0.3) is 0 Å². The molecule has 2 N–H and O–H groups in total. The maximum atomic E-state index is 12.1. The molecule has 0 unspecified atom stereocenters. The van der Waals surface area contributed by atoms with Gasteiger partial charge in [-0.1, -0.05) is 35.0 Å². The number of aromatic nitrogens is 1. The van der Waals surface area contributed by atoms with Gasteiger partial charge in [-0.15, -0.1) is 0 Å². The molecule has 20 heavy (non-hydrogen) atoms. The summed E-state index contributed by atoms with van der Waals surface area (Å²) in [5.74, 6) is -0.361. The summed E-state index contributed by atoms with van der Waals surface area (Å²) in [6.45, 7) is 1.64. The number of carbonyl (C=O) groups excluding carboxylic acids is 1. The molecule has 6 heteroatoms. The number of hydrogen-bond donors (Lipinski definition) is 2. The van der Waals surface area contributed by atoms with Crippen LogP contribution in [0.2, 0.25) is 5.02 Å². The Balaban J connectivity index is 2.26. The van der Waals surface area contributed by atoms with Crippen molar-refractivity contribution in [3.63, 3.8) is 0 Å². The number of nitrogens with zero attached hydrogens (tertiary/aromatic N) is 2. The lowest BCUT2D eigenvalue weighted by Crippen LogP contribution is -2.15. The number of nitrogens with one attached hydrogen (secondary N) is 1. The van der Waals surface area contributed by atoms with Gasteiger partial charge in [-0.2, -0.15) is 0 Å². The van der Waals surface area contributed by atoms with Crippen LogP contribution in [0.1, 0.15) is 23.0 Å². The van der Waals surface area contributed by atoms with Crippen molar-refractivity contribution >= 4 is 28.9 Å². The van der Waals surface area contributed by atoms with E-state index >= 15 is 0 Å². The highest BCUT2D eigenvalue weighted by molar-refractivity contribution is 6.30. The predicted molar refractivity (Wildman–Crippen MR) is 77.6 cm³/mol. The van der Waals surface area contributed by atoms with Gasteiger partial charge in [0, 0.05) is 11.8 Å². The molecule has 0 radical (unpaired) electrons. The number of halogens is 1. The molecule has 0 aliphatic heterocycles. The molecule has 0 aliphatic rings. The van der Waals surface area contributed by atoms with Crippen LogP contribution >= 0.6 is 11.6 Å². The molecule has 1 aromatic heterocycles. The summed E-state index contributed by atoms with van der Waals surface area (Å²) in [5.41, 5.74) is 1.84. The number of oxime groups is 1. The number of anilines is 1. The zero-order chi connectivity index (χ0) is 14.5. The standard InChI is InChI=1S/C14H12ClN3O2/c1-9(18-20)11-4-2-3-5-12(11)17-14(19)13-7-6-10(15)8-16-13/h2-8,20H,1H3,(H,17,19). The Kier molecular flexibility index (Phi) is 4.32. The first-order valence-electron chi connectivity index (χ1n) is 5.83. The van der Waals surface area contributed by atoms with Crippen LogP contribution < -0.4 is 5.32 Å². The summed E-state index contributed by atoms with van der Waals surface area (Å²) in [7, 11) is 0. The second kappa shape index (κ2) is 6.16. The van der Waals surface area contributed by atoms with Gasteiger partial charge < -0.3 is 10.5 Å². The van der Waals surface area contributed by atoms with E-state index in [1.807, 2.05) is 0 Å². The summed E-state index contributed by atoms with van der Waals surface area (Å²) in [5, 5.41) is 15.2. The van der Waals surface area contributed by atoms with Gasteiger partial charge in [0.05, 0.1) is 16.4 Å². The Labute approximate surface area is 120 Å². The average Bonchev–Trinajstić information content (AvgIpc) is 2.47. The van der Waals surface area contributed by atoms with Crippen LogP contribution in [-0.4, -0.2) is 21.8 Å². The molecule has 1 aromatic carbocycles. The van der Waals surface area contributed by atoms with Crippen molar-refractivity contribution in [2.45, 2.75) is 6.92 Å². The van der Waals surface area contributed by atoms with E-state index in [0.29, 0.717) is 22.0 Å². The summed E-state index contributed by atoms with van der Waals surface area (Å²) in [6, 6.07) is 10.2. The monoisotopic (exact) mass is 289 g/mol. The maximum Gasteiger partial charge on any atom is 0.274 e. The molecule has 2 rings (SSSR count). The van der Waals surface area contributed by atoms with E-state index in [4.69, 9.17) is 16.8 Å². The molecule has 102 valence electrons. The lowest BCUT2D eigenvalue weighted by Gasteiger charge is -2.09. The molecule has 2 aromatic rings. The van der Waals surface area contributed by atoms with E-state index in [9.17, 15) is 4.79 Å². The number of benzene rings is 1. The third-order valence-electron chi connectivity index (χ3n) is 2.68. The fraction of sp³-hybridized carbons (Fsp3) is 0.0714. The average molecular weight is 290 g/mol. The number of carbonyl (C=O) groups is 1.